The molecule has 0 unspecified atom stereocenters. The lowest BCUT2D eigenvalue weighted by atomic mass is 10.1. The molecule has 0 saturated carbocycles. The summed E-state index contributed by atoms with van der Waals surface area (Å²) in [5.41, 5.74) is 2.40. The summed E-state index contributed by atoms with van der Waals surface area (Å²) in [6.07, 6.45) is 1.42. The van der Waals surface area contributed by atoms with E-state index >= 15 is 0 Å². The minimum Gasteiger partial charge on any atom is -0.468 e. The van der Waals surface area contributed by atoms with Gasteiger partial charge in [-0.15, -0.1) is 5.10 Å². The number of aryl methyl sites for hydroxylation is 2. The smallest absolute Gasteiger partial charge is 0.332 e. The highest BCUT2D eigenvalue weighted by atomic mass is 16.5. The minimum absolute atomic E-state index is 0.208. The summed E-state index contributed by atoms with van der Waals surface area (Å²) in [6, 6.07) is 14.0. The van der Waals surface area contributed by atoms with E-state index in [4.69, 9.17) is 4.74 Å². The molecule has 0 atom stereocenters. The van der Waals surface area contributed by atoms with Gasteiger partial charge in [-0.2, -0.15) is 0 Å². The van der Waals surface area contributed by atoms with Gasteiger partial charge >= 0.3 is 5.69 Å². The average molecular weight is 513 g/mol. The van der Waals surface area contributed by atoms with Gasteiger partial charge in [-0.05, 0) is 35.7 Å². The van der Waals surface area contributed by atoms with Crippen LogP contribution in [0.4, 0.5) is 0 Å². The molecule has 0 fully saturated rings. The number of rotatable bonds is 8. The number of nitrogens with zero attached hydrogens (tertiary/aromatic N) is 6. The Morgan fingerprint density at radius 2 is 1.66 bits per heavy atom. The van der Waals surface area contributed by atoms with Gasteiger partial charge in [0, 0.05) is 26.2 Å². The van der Waals surface area contributed by atoms with E-state index in [1.54, 1.807) is 22.4 Å². The lowest BCUT2D eigenvalue weighted by Crippen LogP contribution is -2.40. The van der Waals surface area contributed by atoms with Crippen molar-refractivity contribution in [1.29, 1.82) is 0 Å². The van der Waals surface area contributed by atoms with E-state index in [-0.39, 0.29) is 17.9 Å². The van der Waals surface area contributed by atoms with Crippen LogP contribution in [0.2, 0.25) is 0 Å². The number of imidazole rings is 2. The van der Waals surface area contributed by atoms with Crippen LogP contribution in [-0.4, -0.2) is 38.9 Å². The number of aromatic nitrogens is 8. The number of aromatic amines is 2. The van der Waals surface area contributed by atoms with E-state index in [1.807, 2.05) is 26.0 Å². The van der Waals surface area contributed by atoms with Crippen LogP contribution >= 0.6 is 0 Å². The molecule has 0 aliphatic heterocycles. The molecule has 0 amide bonds. The monoisotopic (exact) mass is 512 g/mol. The van der Waals surface area contributed by atoms with Crippen LogP contribution in [0.1, 0.15) is 32.5 Å². The van der Waals surface area contributed by atoms with Crippen LogP contribution in [0.3, 0.4) is 0 Å². The molecule has 38 heavy (non-hydrogen) atoms. The molecule has 2 aromatic carbocycles. The highest BCUT2D eigenvalue weighted by Gasteiger charge is 2.20. The van der Waals surface area contributed by atoms with Gasteiger partial charge < -0.3 is 14.7 Å². The summed E-state index contributed by atoms with van der Waals surface area (Å²) < 4.78 is 10.4. The number of benzene rings is 2. The molecular formula is C27H28N8O3. The molecule has 4 heterocycles. The molecule has 11 nitrogen and oxygen atoms in total. The molecule has 194 valence electrons. The van der Waals surface area contributed by atoms with Crippen molar-refractivity contribution < 1.29 is 4.74 Å². The Morgan fingerprint density at radius 1 is 0.921 bits per heavy atom. The van der Waals surface area contributed by atoms with Gasteiger partial charge in [-0.25, -0.2) is 14.8 Å². The molecule has 6 aromatic rings. The Morgan fingerprint density at radius 3 is 2.42 bits per heavy atom. The van der Waals surface area contributed by atoms with Gasteiger partial charge in [0.15, 0.2) is 11.5 Å². The van der Waals surface area contributed by atoms with Crippen LogP contribution in [0.25, 0.3) is 44.5 Å². The molecule has 4 aromatic heterocycles. The number of ether oxygens (including phenoxy) is 1. The van der Waals surface area contributed by atoms with Crippen LogP contribution in [-0.2, 0) is 26.7 Å². The molecule has 0 saturated heterocycles. The maximum absolute atomic E-state index is 13.1. The van der Waals surface area contributed by atoms with E-state index in [0.717, 1.165) is 28.2 Å². The number of fused-ring (bicyclic) bond motifs is 3. The second kappa shape index (κ2) is 9.33. The third-order valence-corrected chi connectivity index (χ3v) is 6.61. The third kappa shape index (κ3) is 3.96. The Balaban J connectivity index is 1.31. The van der Waals surface area contributed by atoms with Crippen LogP contribution in [0.15, 0.2) is 52.1 Å². The normalized spacial score (nSPS) is 11.8. The maximum atomic E-state index is 13.1. The van der Waals surface area contributed by atoms with Crippen molar-refractivity contribution in [2.75, 3.05) is 0 Å². The van der Waals surface area contributed by atoms with E-state index in [0.29, 0.717) is 53.9 Å². The fourth-order valence-corrected chi connectivity index (χ4v) is 4.83. The molecule has 0 aliphatic carbocycles. The Hall–Kier alpha value is -4.67. The van der Waals surface area contributed by atoms with Crippen LogP contribution in [0.5, 0.6) is 5.88 Å². The summed E-state index contributed by atoms with van der Waals surface area (Å²) in [7, 11) is 1.77. The molecule has 6 rings (SSSR count). The van der Waals surface area contributed by atoms with Gasteiger partial charge in [0.1, 0.15) is 23.6 Å². The zero-order valence-electron chi connectivity index (χ0n) is 21.5. The predicted octanol–water partition coefficient (Wildman–Crippen LogP) is 3.72. The minimum atomic E-state index is -0.367. The summed E-state index contributed by atoms with van der Waals surface area (Å²) >= 11 is 0. The first kappa shape index (κ1) is 23.7. The van der Waals surface area contributed by atoms with E-state index in [2.05, 4.69) is 49.3 Å². The fourth-order valence-electron chi connectivity index (χ4n) is 4.83. The number of hydrogen-bond donors (Lipinski definition) is 2. The Labute approximate surface area is 216 Å². The summed E-state index contributed by atoms with van der Waals surface area (Å²) in [6.45, 7) is 4.95. The number of H-pyrrole nitrogens is 2. The van der Waals surface area contributed by atoms with Gasteiger partial charge in [0.25, 0.3) is 5.56 Å². The standard InChI is InChI=1S/C27H28N8O3/c1-4-10-34-25-23(26(36)35(11-5-2)27(34)37)30-24(31-25)20-14-22(32-33(20)3)38-15-21-28-18-12-16-8-6-7-9-17(16)13-19(18)29-21/h6-9,12-14H,4-5,10-11,15H2,1-3H3,(H,28,29)(H,30,31). The number of nitrogens with one attached hydrogen (secondary N) is 2. The quantitative estimate of drug-likeness (QED) is 0.320. The molecule has 0 bridgehead atoms. The predicted molar refractivity (Wildman–Crippen MR) is 145 cm³/mol. The van der Waals surface area contributed by atoms with Gasteiger partial charge in [0.2, 0.25) is 5.88 Å². The lowest BCUT2D eigenvalue weighted by Gasteiger charge is -2.09. The fraction of sp³-hybridized carbons (Fsp3) is 0.296. The molecule has 2 N–H and O–H groups in total. The third-order valence-electron chi connectivity index (χ3n) is 6.61. The van der Waals surface area contributed by atoms with Gasteiger partial charge in [0.05, 0.1) is 11.0 Å². The summed E-state index contributed by atoms with van der Waals surface area (Å²) in [5.74, 6) is 1.52. The average Bonchev–Trinajstić information content (AvgIpc) is 3.62. The van der Waals surface area contributed by atoms with Gasteiger partial charge in [-0.3, -0.25) is 18.6 Å². The summed E-state index contributed by atoms with van der Waals surface area (Å²) in [4.78, 5) is 41.8. The molecule has 0 aliphatic rings. The zero-order valence-corrected chi connectivity index (χ0v) is 21.5. The molecule has 11 heteroatoms. The van der Waals surface area contributed by atoms with Crippen molar-refractivity contribution >= 4 is 33.0 Å². The first-order valence-electron chi connectivity index (χ1n) is 12.7. The Bertz CT molecular complexity index is 1870. The second-order valence-corrected chi connectivity index (χ2v) is 9.36. The van der Waals surface area contributed by atoms with E-state index in [1.165, 1.54) is 4.57 Å². The van der Waals surface area contributed by atoms with Crippen molar-refractivity contribution in [1.82, 2.24) is 38.9 Å². The SMILES string of the molecule is CCCn1c(=O)c2[nH]c(-c3cc(OCc4nc5cc6ccccc6cc5[nH]4)nn3C)nc2n(CCC)c1=O. The highest BCUT2D eigenvalue weighted by Crippen LogP contribution is 2.24. The molecule has 0 spiro atoms. The van der Waals surface area contributed by atoms with Crippen LogP contribution in [0, 0.1) is 0 Å². The zero-order chi connectivity index (χ0) is 26.4. The van der Waals surface area contributed by atoms with Crippen molar-refractivity contribution in [2.45, 2.75) is 46.4 Å². The first-order valence-corrected chi connectivity index (χ1v) is 12.7. The summed E-state index contributed by atoms with van der Waals surface area (Å²) in [5, 5.41) is 6.73. The molecule has 0 radical (unpaired) electrons. The van der Waals surface area contributed by atoms with Crippen molar-refractivity contribution in [3.8, 4) is 17.4 Å². The Kier molecular flexibility index (Phi) is 5.82. The largest absolute Gasteiger partial charge is 0.468 e. The van der Waals surface area contributed by atoms with Crippen LogP contribution < -0.4 is 16.0 Å². The van der Waals surface area contributed by atoms with Crippen molar-refractivity contribution in [3.63, 3.8) is 0 Å². The topological polar surface area (TPSA) is 128 Å². The van der Waals surface area contributed by atoms with E-state index < -0.39 is 0 Å². The van der Waals surface area contributed by atoms with E-state index in [9.17, 15) is 9.59 Å². The van der Waals surface area contributed by atoms with Crippen molar-refractivity contribution in [3.05, 3.63) is 69.1 Å². The molecular weight excluding hydrogens is 484 g/mol. The van der Waals surface area contributed by atoms with Crippen molar-refractivity contribution in [2.24, 2.45) is 7.05 Å². The van der Waals surface area contributed by atoms with Gasteiger partial charge in [-0.1, -0.05) is 38.1 Å². The lowest BCUT2D eigenvalue weighted by molar-refractivity contribution is 0.283. The second-order valence-electron chi connectivity index (χ2n) is 9.36. The first-order chi connectivity index (χ1) is 18.5. The number of hydrogen-bond acceptors (Lipinski definition) is 6. The highest BCUT2D eigenvalue weighted by molar-refractivity contribution is 5.95. The maximum Gasteiger partial charge on any atom is 0.332 e.